The van der Waals surface area contributed by atoms with Crippen molar-refractivity contribution in [1.29, 1.82) is 0 Å². The molecule has 254 valence electrons. The number of alkyl halides is 2. The van der Waals surface area contributed by atoms with E-state index in [9.17, 15) is 27.6 Å². The first-order valence-electron chi connectivity index (χ1n) is 15.4. The van der Waals surface area contributed by atoms with Crippen molar-refractivity contribution in [3.05, 3.63) is 58.8 Å². The largest absolute Gasteiger partial charge is 0.444 e. The quantitative estimate of drug-likeness (QED) is 0.153. The highest BCUT2D eigenvalue weighted by Gasteiger charge is 2.59. The van der Waals surface area contributed by atoms with Crippen molar-refractivity contribution in [3.63, 3.8) is 0 Å². The molecule has 1 saturated heterocycles. The molecular weight excluding hydrogens is 638 g/mol. The van der Waals surface area contributed by atoms with Crippen LogP contribution in [0.2, 0.25) is 25.7 Å². The minimum Gasteiger partial charge on any atom is -0.444 e. The molecule has 1 spiro atoms. The predicted molar refractivity (Wildman–Crippen MR) is 169 cm³/mol. The number of amides is 3. The molecule has 0 radical (unpaired) electrons. The summed E-state index contributed by atoms with van der Waals surface area (Å²) in [5.41, 5.74) is -1.32. The Hall–Kier alpha value is -3.98. The molecule has 0 saturated carbocycles. The number of pyridine rings is 1. The van der Waals surface area contributed by atoms with Gasteiger partial charge in [0.15, 0.2) is 11.6 Å². The summed E-state index contributed by atoms with van der Waals surface area (Å²) in [6, 6.07) is 7.14. The monoisotopic (exact) mass is 677 g/mol. The number of hydrogen-bond donors (Lipinski definition) is 1. The number of benzene rings is 1. The molecule has 1 aromatic carbocycles. The molecule has 3 aromatic rings. The van der Waals surface area contributed by atoms with Gasteiger partial charge in [-0.3, -0.25) is 14.9 Å². The van der Waals surface area contributed by atoms with Crippen LogP contribution in [0.5, 0.6) is 0 Å². The summed E-state index contributed by atoms with van der Waals surface area (Å²) < 4.78 is 69.4. The second-order valence-electron chi connectivity index (χ2n) is 14.1. The number of nitrogens with one attached hydrogen (secondary N) is 1. The fraction of sp³-hybridized carbons (Fsp3) is 0.500. The average molecular weight is 678 g/mol. The third-order valence-electron chi connectivity index (χ3n) is 8.19. The summed E-state index contributed by atoms with van der Waals surface area (Å²) in [6.45, 7) is 10.9. The van der Waals surface area contributed by atoms with Gasteiger partial charge < -0.3 is 23.8 Å². The van der Waals surface area contributed by atoms with Gasteiger partial charge in [0.05, 0.1) is 24.1 Å². The second kappa shape index (κ2) is 12.6. The van der Waals surface area contributed by atoms with Gasteiger partial charge in [-0.25, -0.2) is 27.3 Å². The molecule has 5 rings (SSSR count). The molecule has 1 atom stereocenters. The molecule has 4 heterocycles. The Balaban J connectivity index is 1.56. The lowest BCUT2D eigenvalue weighted by molar-refractivity contribution is -0.138. The van der Waals surface area contributed by atoms with Crippen LogP contribution >= 0.6 is 0 Å². The molecule has 1 N–H and O–H groups in total. The van der Waals surface area contributed by atoms with Crippen LogP contribution in [0, 0.1) is 11.6 Å². The lowest BCUT2D eigenvalue weighted by Crippen LogP contribution is -2.50. The van der Waals surface area contributed by atoms with Crippen LogP contribution in [0.3, 0.4) is 0 Å². The summed E-state index contributed by atoms with van der Waals surface area (Å²) >= 11 is 0. The number of carbonyl (C=O) groups is 3. The molecule has 0 aliphatic carbocycles. The van der Waals surface area contributed by atoms with Crippen molar-refractivity contribution in [2.75, 3.05) is 25.0 Å². The summed E-state index contributed by atoms with van der Waals surface area (Å²) in [5, 5.41) is 2.32. The van der Waals surface area contributed by atoms with Crippen molar-refractivity contribution in [2.24, 2.45) is 0 Å². The van der Waals surface area contributed by atoms with Gasteiger partial charge >= 0.3 is 6.09 Å². The van der Waals surface area contributed by atoms with E-state index in [0.29, 0.717) is 17.8 Å². The molecule has 10 nitrogen and oxygen atoms in total. The first-order chi connectivity index (χ1) is 21.9. The standard InChI is InChI=1S/C32H39F4N5O5Si/c1-31(2,3)46-30(44)38-27-23(34)15-25-24(37-27)14-20(40(25)18-45-11-12-47(4,5)6)16-41-28(42)21-13-19(33)7-8-22(21)32(41)9-10-39(29(32)43)17-26(35)36/h7-8,13-15,26H,9-12,16-18H2,1-6H3,(H,37,38,44)/t32-/m0/s1. The van der Waals surface area contributed by atoms with E-state index in [0.717, 1.165) is 23.1 Å². The van der Waals surface area contributed by atoms with Crippen LogP contribution in [0.1, 0.15) is 48.8 Å². The van der Waals surface area contributed by atoms with E-state index in [-0.39, 0.29) is 48.7 Å². The number of rotatable bonds is 10. The Labute approximate surface area is 271 Å². The predicted octanol–water partition coefficient (Wildman–Crippen LogP) is 6.32. The van der Waals surface area contributed by atoms with Crippen LogP contribution in [-0.4, -0.2) is 77.1 Å². The smallest absolute Gasteiger partial charge is 0.413 e. The maximum absolute atomic E-state index is 15.4. The van der Waals surface area contributed by atoms with E-state index >= 15 is 4.39 Å². The molecular formula is C32H39F4N5O5Si. The molecule has 2 aliphatic heterocycles. The second-order valence-corrected chi connectivity index (χ2v) is 19.7. The number of aromatic nitrogens is 2. The summed E-state index contributed by atoms with van der Waals surface area (Å²) in [7, 11) is -1.46. The average Bonchev–Trinajstić information content (AvgIpc) is 3.51. The van der Waals surface area contributed by atoms with Crippen LogP contribution in [0.4, 0.5) is 28.2 Å². The van der Waals surface area contributed by atoms with E-state index in [2.05, 4.69) is 29.9 Å². The Morgan fingerprint density at radius 2 is 1.85 bits per heavy atom. The van der Waals surface area contributed by atoms with E-state index in [1.54, 1.807) is 31.4 Å². The van der Waals surface area contributed by atoms with Crippen molar-refractivity contribution < 1.29 is 41.4 Å². The number of likely N-dealkylation sites (tertiary alicyclic amines) is 1. The Kier molecular flexibility index (Phi) is 9.18. The Morgan fingerprint density at radius 1 is 1.13 bits per heavy atom. The van der Waals surface area contributed by atoms with Gasteiger partial charge in [0, 0.05) is 50.5 Å². The van der Waals surface area contributed by atoms with Gasteiger partial charge in [0.1, 0.15) is 23.7 Å². The fourth-order valence-electron chi connectivity index (χ4n) is 6.01. The zero-order valence-corrected chi connectivity index (χ0v) is 28.3. The van der Waals surface area contributed by atoms with Crippen LogP contribution in [0.15, 0.2) is 30.3 Å². The van der Waals surface area contributed by atoms with E-state index < -0.39 is 61.7 Å². The van der Waals surface area contributed by atoms with Crippen molar-refractivity contribution >= 4 is 42.8 Å². The van der Waals surface area contributed by atoms with Crippen molar-refractivity contribution in [3.8, 4) is 0 Å². The number of nitrogens with zero attached hydrogens (tertiary/aromatic N) is 4. The van der Waals surface area contributed by atoms with Crippen molar-refractivity contribution in [1.82, 2.24) is 19.4 Å². The Morgan fingerprint density at radius 3 is 2.51 bits per heavy atom. The number of ether oxygens (including phenoxy) is 2. The van der Waals surface area contributed by atoms with Crippen molar-refractivity contribution in [2.45, 2.75) is 83.7 Å². The highest BCUT2D eigenvalue weighted by molar-refractivity contribution is 6.76. The number of hydrogen-bond acceptors (Lipinski definition) is 6. The van der Waals surface area contributed by atoms with Gasteiger partial charge in [0.25, 0.3) is 18.2 Å². The number of carbonyl (C=O) groups excluding carboxylic acids is 3. The maximum Gasteiger partial charge on any atom is 0.413 e. The van der Waals surface area contributed by atoms with Crippen LogP contribution in [-0.2, 0) is 33.1 Å². The summed E-state index contributed by atoms with van der Waals surface area (Å²) in [4.78, 5) is 46.8. The van der Waals surface area contributed by atoms with Gasteiger partial charge in [-0.15, -0.1) is 0 Å². The normalized spacial score (nSPS) is 18.3. The lowest BCUT2D eigenvalue weighted by atomic mass is 9.87. The zero-order valence-electron chi connectivity index (χ0n) is 27.3. The minimum absolute atomic E-state index is 0.0205. The lowest BCUT2D eigenvalue weighted by Gasteiger charge is -2.34. The van der Waals surface area contributed by atoms with Gasteiger partial charge in [0.2, 0.25) is 0 Å². The molecule has 1 fully saturated rings. The zero-order chi connectivity index (χ0) is 34.5. The third kappa shape index (κ3) is 7.00. The SMILES string of the molecule is CC(C)(C)OC(=O)Nc1nc2cc(CN3C(=O)c4cc(F)ccc4[C@]34CCN(CC(F)F)C4=O)n(COCC[Si](C)(C)C)c2cc1F. The third-order valence-corrected chi connectivity index (χ3v) is 9.89. The highest BCUT2D eigenvalue weighted by Crippen LogP contribution is 2.47. The van der Waals surface area contributed by atoms with E-state index in [4.69, 9.17) is 9.47 Å². The van der Waals surface area contributed by atoms with E-state index in [1.165, 1.54) is 17.0 Å². The van der Waals surface area contributed by atoms with E-state index in [1.807, 2.05) is 0 Å². The van der Waals surface area contributed by atoms with Crippen LogP contribution < -0.4 is 5.32 Å². The molecule has 2 aliphatic rings. The molecule has 0 bridgehead atoms. The topological polar surface area (TPSA) is 106 Å². The summed E-state index contributed by atoms with van der Waals surface area (Å²) in [6.07, 6.45) is -3.67. The molecule has 0 unspecified atom stereocenters. The van der Waals surface area contributed by atoms with Gasteiger partial charge in [-0.1, -0.05) is 25.7 Å². The molecule has 47 heavy (non-hydrogen) atoms. The first kappa shape index (κ1) is 34.4. The van der Waals surface area contributed by atoms with Gasteiger partial charge in [-0.2, -0.15) is 0 Å². The molecule has 3 amide bonds. The van der Waals surface area contributed by atoms with Gasteiger partial charge in [-0.05, 0) is 45.0 Å². The minimum atomic E-state index is -2.78. The fourth-order valence-corrected chi connectivity index (χ4v) is 6.76. The molecule has 2 aromatic heterocycles. The highest BCUT2D eigenvalue weighted by atomic mass is 28.3. The maximum atomic E-state index is 15.4. The molecule has 15 heteroatoms. The first-order valence-corrected chi connectivity index (χ1v) is 19.1. The Bertz CT molecular complexity index is 1720. The van der Waals surface area contributed by atoms with Crippen LogP contribution in [0.25, 0.3) is 11.0 Å². The summed E-state index contributed by atoms with van der Waals surface area (Å²) in [5.74, 6) is -3.23. The number of fused-ring (bicyclic) bond motifs is 3. The number of halogens is 4. The number of anilines is 1.